The zero-order valence-corrected chi connectivity index (χ0v) is 13.1. The van der Waals surface area contributed by atoms with Gasteiger partial charge >= 0.3 is 0 Å². The van der Waals surface area contributed by atoms with Crippen LogP contribution in [0, 0.1) is 0 Å². The summed E-state index contributed by atoms with van der Waals surface area (Å²) in [5, 5.41) is 10.4. The van der Waals surface area contributed by atoms with Gasteiger partial charge in [-0.25, -0.2) is 0 Å². The third kappa shape index (κ3) is 3.47. The molecule has 1 aromatic rings. The fourth-order valence-corrected chi connectivity index (χ4v) is 3.02. The maximum atomic E-state index is 12.5. The van der Waals surface area contributed by atoms with Gasteiger partial charge in [-0.3, -0.25) is 4.79 Å². The standard InChI is InChI=1S/C16H25N3O2/c1-18(2)14-7-6-12(10-13(14)17)15(20)19(3)11-16(21)8-4-5-9-16/h6-7,10,21H,4-5,8-9,11,17H2,1-3H3. The number of anilines is 2. The van der Waals surface area contributed by atoms with Gasteiger partial charge in [0.25, 0.3) is 5.91 Å². The zero-order valence-electron chi connectivity index (χ0n) is 13.1. The molecule has 0 heterocycles. The van der Waals surface area contributed by atoms with Gasteiger partial charge in [-0.2, -0.15) is 0 Å². The van der Waals surface area contributed by atoms with E-state index in [4.69, 9.17) is 5.73 Å². The van der Waals surface area contributed by atoms with E-state index in [-0.39, 0.29) is 5.91 Å². The molecule has 0 bridgehead atoms. The number of benzene rings is 1. The lowest BCUT2D eigenvalue weighted by Crippen LogP contribution is -2.42. The summed E-state index contributed by atoms with van der Waals surface area (Å²) in [5.41, 5.74) is 7.30. The van der Waals surface area contributed by atoms with Crippen LogP contribution in [0.25, 0.3) is 0 Å². The van der Waals surface area contributed by atoms with E-state index < -0.39 is 5.60 Å². The molecule has 1 saturated carbocycles. The molecule has 1 amide bonds. The number of nitrogens with zero attached hydrogens (tertiary/aromatic N) is 2. The maximum absolute atomic E-state index is 12.5. The van der Waals surface area contributed by atoms with Gasteiger partial charge in [0, 0.05) is 33.3 Å². The quantitative estimate of drug-likeness (QED) is 0.829. The summed E-state index contributed by atoms with van der Waals surface area (Å²) in [4.78, 5) is 16.0. The molecule has 1 aromatic carbocycles. The first-order valence-corrected chi connectivity index (χ1v) is 7.37. The van der Waals surface area contributed by atoms with Crippen LogP contribution in [0.1, 0.15) is 36.0 Å². The van der Waals surface area contributed by atoms with Crippen molar-refractivity contribution in [2.75, 3.05) is 38.3 Å². The van der Waals surface area contributed by atoms with Crippen LogP contribution in [-0.4, -0.2) is 49.2 Å². The molecule has 5 heteroatoms. The number of aliphatic hydroxyl groups is 1. The number of amides is 1. The second-order valence-corrected chi connectivity index (χ2v) is 6.26. The van der Waals surface area contributed by atoms with Crippen LogP contribution in [0.5, 0.6) is 0 Å². The van der Waals surface area contributed by atoms with E-state index in [0.717, 1.165) is 31.4 Å². The number of hydrogen-bond donors (Lipinski definition) is 2. The Morgan fingerprint density at radius 1 is 1.29 bits per heavy atom. The van der Waals surface area contributed by atoms with Crippen molar-refractivity contribution in [1.82, 2.24) is 4.90 Å². The highest BCUT2D eigenvalue weighted by atomic mass is 16.3. The van der Waals surface area contributed by atoms with Crippen LogP contribution in [0.2, 0.25) is 0 Å². The third-order valence-corrected chi connectivity index (χ3v) is 4.17. The monoisotopic (exact) mass is 291 g/mol. The Morgan fingerprint density at radius 3 is 2.43 bits per heavy atom. The highest BCUT2D eigenvalue weighted by Crippen LogP contribution is 2.30. The van der Waals surface area contributed by atoms with Crippen LogP contribution in [0.15, 0.2) is 18.2 Å². The third-order valence-electron chi connectivity index (χ3n) is 4.17. The van der Waals surface area contributed by atoms with Crippen molar-refractivity contribution in [1.29, 1.82) is 0 Å². The van der Waals surface area contributed by atoms with E-state index in [1.54, 1.807) is 24.1 Å². The minimum atomic E-state index is -0.723. The number of carbonyl (C=O) groups is 1. The molecular weight excluding hydrogens is 266 g/mol. The summed E-state index contributed by atoms with van der Waals surface area (Å²) < 4.78 is 0. The molecule has 1 fully saturated rings. The van der Waals surface area contributed by atoms with Gasteiger partial charge in [-0.1, -0.05) is 12.8 Å². The summed E-state index contributed by atoms with van der Waals surface area (Å²) in [6.45, 7) is 0.376. The van der Waals surface area contributed by atoms with Gasteiger partial charge < -0.3 is 20.6 Å². The predicted molar refractivity (Wildman–Crippen MR) is 85.6 cm³/mol. The van der Waals surface area contributed by atoms with Crippen molar-refractivity contribution in [2.24, 2.45) is 0 Å². The van der Waals surface area contributed by atoms with Crippen molar-refractivity contribution < 1.29 is 9.90 Å². The Labute approximate surface area is 126 Å². The molecule has 1 aliphatic rings. The first kappa shape index (κ1) is 15.6. The van der Waals surface area contributed by atoms with Gasteiger partial charge in [-0.05, 0) is 31.0 Å². The summed E-state index contributed by atoms with van der Waals surface area (Å²) in [6, 6.07) is 5.33. The van der Waals surface area contributed by atoms with Crippen molar-refractivity contribution in [2.45, 2.75) is 31.3 Å². The molecule has 2 rings (SSSR count). The summed E-state index contributed by atoms with van der Waals surface area (Å²) in [6.07, 6.45) is 3.60. The average Bonchev–Trinajstić information content (AvgIpc) is 2.83. The van der Waals surface area contributed by atoms with Crippen molar-refractivity contribution >= 4 is 17.3 Å². The first-order chi connectivity index (χ1) is 9.82. The largest absolute Gasteiger partial charge is 0.397 e. The summed E-state index contributed by atoms with van der Waals surface area (Å²) >= 11 is 0. The van der Waals surface area contributed by atoms with E-state index in [1.807, 2.05) is 25.1 Å². The number of hydrogen-bond acceptors (Lipinski definition) is 4. The van der Waals surface area contributed by atoms with E-state index in [9.17, 15) is 9.90 Å². The van der Waals surface area contributed by atoms with E-state index in [1.165, 1.54) is 0 Å². The number of nitrogen functional groups attached to an aromatic ring is 1. The van der Waals surface area contributed by atoms with Crippen LogP contribution in [0.4, 0.5) is 11.4 Å². The maximum Gasteiger partial charge on any atom is 0.253 e. The predicted octanol–water partition coefficient (Wildman–Crippen LogP) is 1.71. The number of rotatable bonds is 4. The SMILES string of the molecule is CN(CC1(O)CCCC1)C(=O)c1ccc(N(C)C)c(N)c1. The number of nitrogens with two attached hydrogens (primary N) is 1. The molecule has 0 aliphatic heterocycles. The molecule has 0 radical (unpaired) electrons. The van der Waals surface area contributed by atoms with E-state index in [2.05, 4.69) is 0 Å². The molecule has 0 unspecified atom stereocenters. The highest BCUT2D eigenvalue weighted by molar-refractivity contribution is 5.96. The van der Waals surface area contributed by atoms with E-state index >= 15 is 0 Å². The molecule has 0 spiro atoms. The fourth-order valence-electron chi connectivity index (χ4n) is 3.02. The Balaban J connectivity index is 2.10. The van der Waals surface area contributed by atoms with Gasteiger partial charge in [0.15, 0.2) is 0 Å². The number of likely N-dealkylation sites (N-methyl/N-ethyl adjacent to an activating group) is 1. The molecule has 1 aliphatic carbocycles. The Morgan fingerprint density at radius 2 is 1.90 bits per heavy atom. The molecular formula is C16H25N3O2. The minimum Gasteiger partial charge on any atom is -0.397 e. The van der Waals surface area contributed by atoms with Crippen LogP contribution in [0.3, 0.4) is 0 Å². The van der Waals surface area contributed by atoms with Gasteiger partial charge in [0.2, 0.25) is 0 Å². The molecule has 3 N–H and O–H groups in total. The summed E-state index contributed by atoms with van der Waals surface area (Å²) in [5.74, 6) is -0.104. The van der Waals surface area contributed by atoms with Gasteiger partial charge in [0.1, 0.15) is 0 Å². The first-order valence-electron chi connectivity index (χ1n) is 7.37. The van der Waals surface area contributed by atoms with Gasteiger partial charge in [0.05, 0.1) is 17.0 Å². The fraction of sp³-hybridized carbons (Fsp3) is 0.562. The smallest absolute Gasteiger partial charge is 0.253 e. The van der Waals surface area contributed by atoms with Crippen molar-refractivity contribution in [3.8, 4) is 0 Å². The van der Waals surface area contributed by atoms with Crippen molar-refractivity contribution in [3.05, 3.63) is 23.8 Å². The molecule has 5 nitrogen and oxygen atoms in total. The van der Waals surface area contributed by atoms with Crippen LogP contribution < -0.4 is 10.6 Å². The second-order valence-electron chi connectivity index (χ2n) is 6.26. The Bertz CT molecular complexity index is 522. The summed E-state index contributed by atoms with van der Waals surface area (Å²) in [7, 11) is 5.55. The molecule has 0 aromatic heterocycles. The Hall–Kier alpha value is -1.75. The van der Waals surface area contributed by atoms with E-state index in [0.29, 0.717) is 17.8 Å². The highest BCUT2D eigenvalue weighted by Gasteiger charge is 2.33. The molecule has 0 atom stereocenters. The number of carbonyl (C=O) groups excluding carboxylic acids is 1. The molecule has 0 saturated heterocycles. The lowest BCUT2D eigenvalue weighted by Gasteiger charge is -2.29. The normalized spacial score (nSPS) is 16.8. The molecule has 116 valence electrons. The van der Waals surface area contributed by atoms with Gasteiger partial charge in [-0.15, -0.1) is 0 Å². The second kappa shape index (κ2) is 5.93. The topological polar surface area (TPSA) is 69.8 Å². The Kier molecular flexibility index (Phi) is 4.42. The van der Waals surface area contributed by atoms with Crippen LogP contribution in [-0.2, 0) is 0 Å². The lowest BCUT2D eigenvalue weighted by molar-refractivity contribution is 0.0157. The lowest BCUT2D eigenvalue weighted by atomic mass is 10.0. The average molecular weight is 291 g/mol. The van der Waals surface area contributed by atoms with Crippen LogP contribution >= 0.6 is 0 Å². The molecule has 21 heavy (non-hydrogen) atoms. The minimum absolute atomic E-state index is 0.104. The zero-order chi connectivity index (χ0) is 15.6. The van der Waals surface area contributed by atoms with Crippen molar-refractivity contribution in [3.63, 3.8) is 0 Å².